The fraction of sp³-hybridized carbons (Fsp3) is 0.0500. The Kier molecular flexibility index (Phi) is 5.23. The molecule has 0 bridgehead atoms. The maximum absolute atomic E-state index is 13.0. The first-order valence-electron chi connectivity index (χ1n) is 8.26. The van der Waals surface area contributed by atoms with Gasteiger partial charge in [-0.05, 0) is 42.8 Å². The molecule has 7 nitrogen and oxygen atoms in total. The van der Waals surface area contributed by atoms with E-state index in [1.807, 2.05) is 19.1 Å². The Morgan fingerprint density at radius 1 is 0.929 bits per heavy atom. The second kappa shape index (κ2) is 7.61. The van der Waals surface area contributed by atoms with E-state index in [1.54, 1.807) is 18.2 Å². The largest absolute Gasteiger partial charge is 0.322 e. The maximum Gasteiger partial charge on any atom is 0.269 e. The minimum absolute atomic E-state index is 0.0101. The third-order valence-corrected chi connectivity index (χ3v) is 6.00. The molecule has 8 heteroatoms. The highest BCUT2D eigenvalue weighted by Gasteiger charge is 2.25. The highest BCUT2D eigenvalue weighted by molar-refractivity contribution is 7.91. The van der Waals surface area contributed by atoms with Gasteiger partial charge in [0.25, 0.3) is 11.6 Å². The molecule has 0 saturated carbocycles. The van der Waals surface area contributed by atoms with Gasteiger partial charge in [-0.1, -0.05) is 30.3 Å². The van der Waals surface area contributed by atoms with Crippen LogP contribution < -0.4 is 5.32 Å². The summed E-state index contributed by atoms with van der Waals surface area (Å²) in [6, 6.07) is 17.5. The summed E-state index contributed by atoms with van der Waals surface area (Å²) in [6.07, 6.45) is 0. The number of para-hydroxylation sites is 1. The first kappa shape index (κ1) is 19.2. The topological polar surface area (TPSA) is 106 Å². The Labute approximate surface area is 161 Å². The summed E-state index contributed by atoms with van der Waals surface area (Å²) in [6.45, 7) is 1.83. The number of hydrogen-bond acceptors (Lipinski definition) is 5. The standard InChI is InChI=1S/C20H16N2O5S/c1-14-6-2-4-8-18(14)21-20(23)17-7-3-5-9-19(17)28(26,27)16-12-10-15(11-13-16)22(24)25/h2-13H,1H3,(H,21,23). The van der Waals surface area contributed by atoms with Crippen molar-refractivity contribution < 1.29 is 18.1 Å². The van der Waals surface area contributed by atoms with Crippen molar-refractivity contribution in [1.82, 2.24) is 0 Å². The van der Waals surface area contributed by atoms with E-state index in [-0.39, 0.29) is 21.0 Å². The molecule has 0 fully saturated rings. The number of nitrogens with one attached hydrogen (secondary N) is 1. The normalized spacial score (nSPS) is 11.0. The molecule has 1 N–H and O–H groups in total. The fourth-order valence-corrected chi connectivity index (χ4v) is 4.12. The summed E-state index contributed by atoms with van der Waals surface area (Å²) in [5.41, 5.74) is 1.19. The Morgan fingerprint density at radius 3 is 2.18 bits per heavy atom. The minimum Gasteiger partial charge on any atom is -0.322 e. The van der Waals surface area contributed by atoms with E-state index < -0.39 is 20.7 Å². The number of benzene rings is 3. The van der Waals surface area contributed by atoms with Crippen LogP contribution in [0.25, 0.3) is 0 Å². The molecule has 0 aliphatic heterocycles. The van der Waals surface area contributed by atoms with Gasteiger partial charge in [0.05, 0.1) is 20.3 Å². The summed E-state index contributed by atoms with van der Waals surface area (Å²) in [7, 11) is -4.04. The molecule has 0 heterocycles. The Bertz CT molecular complexity index is 1160. The lowest BCUT2D eigenvalue weighted by Crippen LogP contribution is -2.17. The molecule has 0 aliphatic rings. The van der Waals surface area contributed by atoms with Crippen LogP contribution in [-0.2, 0) is 9.84 Å². The molecule has 0 spiro atoms. The maximum atomic E-state index is 13.0. The molecule has 0 aliphatic carbocycles. The molecule has 0 unspecified atom stereocenters. The first-order chi connectivity index (χ1) is 13.3. The number of carbonyl (C=O) groups is 1. The summed E-state index contributed by atoms with van der Waals surface area (Å²) < 4.78 is 26.0. The minimum atomic E-state index is -4.04. The summed E-state index contributed by atoms with van der Waals surface area (Å²) >= 11 is 0. The quantitative estimate of drug-likeness (QED) is 0.518. The molecule has 0 atom stereocenters. The smallest absolute Gasteiger partial charge is 0.269 e. The number of nitro benzene ring substituents is 1. The van der Waals surface area contributed by atoms with E-state index in [9.17, 15) is 23.3 Å². The Balaban J connectivity index is 2.00. The molecule has 3 aromatic rings. The van der Waals surface area contributed by atoms with Gasteiger partial charge in [-0.15, -0.1) is 0 Å². The number of aryl methyl sites for hydroxylation is 1. The summed E-state index contributed by atoms with van der Waals surface area (Å²) in [5, 5.41) is 13.5. The van der Waals surface area contributed by atoms with Crippen LogP contribution in [0.5, 0.6) is 0 Å². The molecular formula is C20H16N2O5S. The van der Waals surface area contributed by atoms with Crippen molar-refractivity contribution in [3.63, 3.8) is 0 Å². The van der Waals surface area contributed by atoms with Gasteiger partial charge < -0.3 is 5.32 Å². The number of amides is 1. The lowest BCUT2D eigenvalue weighted by Gasteiger charge is -2.12. The number of nitrogens with zero attached hydrogens (tertiary/aromatic N) is 1. The summed E-state index contributed by atoms with van der Waals surface area (Å²) in [5.74, 6) is -0.560. The predicted molar refractivity (Wildman–Crippen MR) is 104 cm³/mol. The van der Waals surface area contributed by atoms with Crippen molar-refractivity contribution in [3.8, 4) is 0 Å². The molecule has 1 amide bonds. The lowest BCUT2D eigenvalue weighted by molar-refractivity contribution is -0.384. The number of sulfone groups is 1. The molecule has 28 heavy (non-hydrogen) atoms. The predicted octanol–water partition coefficient (Wildman–Crippen LogP) is 3.99. The Morgan fingerprint density at radius 2 is 1.54 bits per heavy atom. The monoisotopic (exact) mass is 396 g/mol. The van der Waals surface area contributed by atoms with Crippen molar-refractivity contribution in [2.45, 2.75) is 16.7 Å². The number of hydrogen-bond donors (Lipinski definition) is 1. The van der Waals surface area contributed by atoms with Crippen molar-refractivity contribution >= 4 is 27.1 Å². The van der Waals surface area contributed by atoms with Crippen LogP contribution in [0.3, 0.4) is 0 Å². The second-order valence-corrected chi connectivity index (χ2v) is 7.94. The van der Waals surface area contributed by atoms with Crippen LogP contribution >= 0.6 is 0 Å². The highest BCUT2D eigenvalue weighted by atomic mass is 32.2. The third-order valence-electron chi connectivity index (χ3n) is 4.17. The van der Waals surface area contributed by atoms with Crippen LogP contribution in [0.15, 0.2) is 82.6 Å². The van der Waals surface area contributed by atoms with Gasteiger partial charge in [0, 0.05) is 17.8 Å². The summed E-state index contributed by atoms with van der Waals surface area (Å²) in [4.78, 5) is 22.6. The number of non-ortho nitro benzene ring substituents is 1. The molecule has 0 saturated heterocycles. The zero-order valence-corrected chi connectivity index (χ0v) is 15.6. The van der Waals surface area contributed by atoms with E-state index in [4.69, 9.17) is 0 Å². The number of carbonyl (C=O) groups excluding carboxylic acids is 1. The SMILES string of the molecule is Cc1ccccc1NC(=O)c1ccccc1S(=O)(=O)c1ccc([N+](=O)[O-])cc1. The van der Waals surface area contributed by atoms with Gasteiger partial charge in [0.15, 0.2) is 0 Å². The average Bonchev–Trinajstić information content (AvgIpc) is 2.69. The lowest BCUT2D eigenvalue weighted by atomic mass is 10.1. The van der Waals surface area contributed by atoms with Crippen molar-refractivity contribution in [1.29, 1.82) is 0 Å². The van der Waals surface area contributed by atoms with Crippen molar-refractivity contribution in [2.75, 3.05) is 5.32 Å². The van der Waals surface area contributed by atoms with E-state index in [0.29, 0.717) is 5.69 Å². The molecule has 142 valence electrons. The first-order valence-corrected chi connectivity index (χ1v) is 9.74. The van der Waals surface area contributed by atoms with E-state index in [1.165, 1.54) is 18.2 Å². The van der Waals surface area contributed by atoms with Crippen LogP contribution in [0, 0.1) is 17.0 Å². The molecular weight excluding hydrogens is 380 g/mol. The number of anilines is 1. The molecule has 3 rings (SSSR count). The van der Waals surface area contributed by atoms with E-state index >= 15 is 0 Å². The zero-order valence-electron chi connectivity index (χ0n) is 14.8. The van der Waals surface area contributed by atoms with Crippen LogP contribution in [0.1, 0.15) is 15.9 Å². The van der Waals surface area contributed by atoms with E-state index in [0.717, 1.165) is 29.8 Å². The van der Waals surface area contributed by atoms with Crippen LogP contribution in [-0.4, -0.2) is 19.2 Å². The fourth-order valence-electron chi connectivity index (χ4n) is 2.67. The van der Waals surface area contributed by atoms with Gasteiger partial charge in [-0.3, -0.25) is 14.9 Å². The molecule has 0 radical (unpaired) electrons. The third kappa shape index (κ3) is 3.77. The van der Waals surface area contributed by atoms with Crippen LogP contribution in [0.4, 0.5) is 11.4 Å². The van der Waals surface area contributed by atoms with Crippen molar-refractivity contribution in [2.24, 2.45) is 0 Å². The van der Waals surface area contributed by atoms with E-state index in [2.05, 4.69) is 5.32 Å². The van der Waals surface area contributed by atoms with Crippen LogP contribution in [0.2, 0.25) is 0 Å². The second-order valence-electron chi connectivity index (χ2n) is 6.02. The van der Waals surface area contributed by atoms with Gasteiger partial charge in [-0.2, -0.15) is 0 Å². The van der Waals surface area contributed by atoms with Crippen molar-refractivity contribution in [3.05, 3.63) is 94.0 Å². The highest BCUT2D eigenvalue weighted by Crippen LogP contribution is 2.26. The molecule has 3 aromatic carbocycles. The zero-order chi connectivity index (χ0) is 20.3. The van der Waals surface area contributed by atoms with Gasteiger partial charge in [0.1, 0.15) is 0 Å². The average molecular weight is 396 g/mol. The van der Waals surface area contributed by atoms with Gasteiger partial charge in [0.2, 0.25) is 9.84 Å². The van der Waals surface area contributed by atoms with Gasteiger partial charge in [-0.25, -0.2) is 8.42 Å². The molecule has 0 aromatic heterocycles. The number of nitro groups is 1. The Hall–Kier alpha value is -3.52. The van der Waals surface area contributed by atoms with Gasteiger partial charge >= 0.3 is 0 Å². The number of rotatable bonds is 5.